The van der Waals surface area contributed by atoms with Gasteiger partial charge in [0.2, 0.25) is 0 Å². The smallest absolute Gasteiger partial charge is 0.256 e. The summed E-state index contributed by atoms with van der Waals surface area (Å²) in [5.74, 6) is 1.48. The molecule has 2 N–H and O–H groups in total. The Morgan fingerprint density at radius 2 is 1.77 bits per heavy atom. The van der Waals surface area contributed by atoms with Crippen molar-refractivity contribution >= 4 is 23.2 Å². The second-order valence-electron chi connectivity index (χ2n) is 5.68. The molecule has 0 radical (unpaired) electrons. The molecule has 0 unspecified atom stereocenters. The van der Waals surface area contributed by atoms with E-state index in [2.05, 4.69) is 20.8 Å². The van der Waals surface area contributed by atoms with Gasteiger partial charge in [0.15, 0.2) is 11.6 Å². The Balaban J connectivity index is 1.68. The molecule has 26 heavy (non-hydrogen) atoms. The van der Waals surface area contributed by atoms with Gasteiger partial charge in [0.05, 0.1) is 12.3 Å². The number of rotatable bonds is 6. The minimum Gasteiger partial charge on any atom is -0.492 e. The van der Waals surface area contributed by atoms with Gasteiger partial charge in [-0.25, -0.2) is 0 Å². The lowest BCUT2D eigenvalue weighted by molar-refractivity contribution is 0.102. The van der Waals surface area contributed by atoms with E-state index in [0.29, 0.717) is 23.8 Å². The van der Waals surface area contributed by atoms with Crippen LogP contribution < -0.4 is 15.4 Å². The summed E-state index contributed by atoms with van der Waals surface area (Å²) in [6.07, 6.45) is 0. The van der Waals surface area contributed by atoms with E-state index in [4.69, 9.17) is 4.74 Å². The molecule has 1 heterocycles. The molecule has 3 aromatic rings. The van der Waals surface area contributed by atoms with Crippen molar-refractivity contribution < 1.29 is 9.53 Å². The maximum atomic E-state index is 12.2. The molecule has 0 atom stereocenters. The molecule has 0 saturated carbocycles. The average Bonchev–Trinajstić information content (AvgIpc) is 2.65. The fourth-order valence-corrected chi connectivity index (χ4v) is 2.43. The number of anilines is 3. The Morgan fingerprint density at radius 3 is 2.50 bits per heavy atom. The number of nitrogens with zero attached hydrogens (tertiary/aromatic N) is 2. The molecule has 2 aromatic carbocycles. The molecule has 1 amide bonds. The largest absolute Gasteiger partial charge is 0.492 e. The number of nitrogens with one attached hydrogen (secondary N) is 2. The molecule has 1 aromatic heterocycles. The standard InChI is InChI=1S/C20H20N4O2/c1-3-26-17-10-5-4-9-16(17)21-18-11-12-19(24-23-18)22-20(25)15-8-6-7-14(2)13-15/h4-13H,3H2,1-2H3,(H,21,23)(H,22,24,25). The number of aromatic nitrogens is 2. The van der Waals surface area contributed by atoms with Crippen LogP contribution in [0.5, 0.6) is 5.75 Å². The molecule has 132 valence electrons. The topological polar surface area (TPSA) is 76.1 Å². The zero-order valence-electron chi connectivity index (χ0n) is 14.7. The lowest BCUT2D eigenvalue weighted by atomic mass is 10.1. The molecule has 0 saturated heterocycles. The van der Waals surface area contributed by atoms with Crippen molar-refractivity contribution in [2.45, 2.75) is 13.8 Å². The van der Waals surface area contributed by atoms with Crippen molar-refractivity contribution in [1.82, 2.24) is 10.2 Å². The summed E-state index contributed by atoms with van der Waals surface area (Å²) in [4.78, 5) is 12.2. The van der Waals surface area contributed by atoms with Crippen LogP contribution in [0.4, 0.5) is 17.3 Å². The minimum absolute atomic E-state index is 0.217. The summed E-state index contributed by atoms with van der Waals surface area (Å²) in [6, 6.07) is 18.4. The van der Waals surface area contributed by atoms with Crippen LogP contribution in [0.2, 0.25) is 0 Å². The van der Waals surface area contributed by atoms with Crippen LogP contribution in [-0.2, 0) is 0 Å². The van der Waals surface area contributed by atoms with E-state index in [-0.39, 0.29) is 5.91 Å². The van der Waals surface area contributed by atoms with E-state index in [1.54, 1.807) is 18.2 Å². The number of amides is 1. The highest BCUT2D eigenvalue weighted by molar-refractivity contribution is 6.03. The monoisotopic (exact) mass is 348 g/mol. The molecular formula is C20H20N4O2. The summed E-state index contributed by atoms with van der Waals surface area (Å²) in [6.45, 7) is 4.45. The Morgan fingerprint density at radius 1 is 1.00 bits per heavy atom. The predicted octanol–water partition coefficient (Wildman–Crippen LogP) is 4.18. The summed E-state index contributed by atoms with van der Waals surface area (Å²) < 4.78 is 5.58. The number of carbonyl (C=O) groups is 1. The van der Waals surface area contributed by atoms with Gasteiger partial charge in [-0.05, 0) is 50.2 Å². The van der Waals surface area contributed by atoms with Gasteiger partial charge in [0.1, 0.15) is 5.75 Å². The number of hydrogen-bond donors (Lipinski definition) is 2. The SMILES string of the molecule is CCOc1ccccc1Nc1ccc(NC(=O)c2cccc(C)c2)nn1. The zero-order valence-corrected chi connectivity index (χ0v) is 14.7. The molecule has 0 bridgehead atoms. The van der Waals surface area contributed by atoms with Crippen molar-refractivity contribution in [1.29, 1.82) is 0 Å². The summed E-state index contributed by atoms with van der Waals surface area (Å²) in [5.41, 5.74) is 2.41. The van der Waals surface area contributed by atoms with Crippen LogP contribution in [0.25, 0.3) is 0 Å². The second-order valence-corrected chi connectivity index (χ2v) is 5.68. The van der Waals surface area contributed by atoms with Gasteiger partial charge in [0.25, 0.3) is 5.91 Å². The van der Waals surface area contributed by atoms with Gasteiger partial charge in [-0.1, -0.05) is 29.8 Å². The number of hydrogen-bond acceptors (Lipinski definition) is 5. The van der Waals surface area contributed by atoms with E-state index in [9.17, 15) is 4.79 Å². The molecule has 3 rings (SSSR count). The molecule has 0 aliphatic heterocycles. The Bertz CT molecular complexity index is 894. The van der Waals surface area contributed by atoms with Crippen LogP contribution >= 0.6 is 0 Å². The predicted molar refractivity (Wildman–Crippen MR) is 102 cm³/mol. The van der Waals surface area contributed by atoms with E-state index >= 15 is 0 Å². The van der Waals surface area contributed by atoms with Crippen LogP contribution in [-0.4, -0.2) is 22.7 Å². The van der Waals surface area contributed by atoms with Gasteiger partial charge in [-0.15, -0.1) is 10.2 Å². The molecule has 6 nitrogen and oxygen atoms in total. The van der Waals surface area contributed by atoms with Crippen molar-refractivity contribution in [3.63, 3.8) is 0 Å². The van der Waals surface area contributed by atoms with Crippen molar-refractivity contribution in [2.24, 2.45) is 0 Å². The number of aryl methyl sites for hydroxylation is 1. The maximum absolute atomic E-state index is 12.2. The quantitative estimate of drug-likeness (QED) is 0.699. The molecule has 0 aliphatic rings. The van der Waals surface area contributed by atoms with E-state index in [0.717, 1.165) is 17.0 Å². The van der Waals surface area contributed by atoms with Gasteiger partial charge in [-0.2, -0.15) is 0 Å². The van der Waals surface area contributed by atoms with Crippen LogP contribution in [0.3, 0.4) is 0 Å². The lowest BCUT2D eigenvalue weighted by Gasteiger charge is -2.11. The Hall–Kier alpha value is -3.41. The number of benzene rings is 2. The van der Waals surface area contributed by atoms with Crippen molar-refractivity contribution in [3.05, 3.63) is 71.8 Å². The second kappa shape index (κ2) is 8.11. The first kappa shape index (κ1) is 17.4. The summed E-state index contributed by atoms with van der Waals surface area (Å²) in [5, 5.41) is 14.1. The fraction of sp³-hybridized carbons (Fsp3) is 0.150. The molecule has 0 spiro atoms. The normalized spacial score (nSPS) is 10.2. The van der Waals surface area contributed by atoms with Gasteiger partial charge < -0.3 is 15.4 Å². The molecule has 6 heteroatoms. The van der Waals surface area contributed by atoms with E-state index in [1.807, 2.05) is 56.3 Å². The van der Waals surface area contributed by atoms with Crippen LogP contribution in [0, 0.1) is 6.92 Å². The highest BCUT2D eigenvalue weighted by atomic mass is 16.5. The Labute approximate surface area is 152 Å². The third-order valence-electron chi connectivity index (χ3n) is 3.64. The third-order valence-corrected chi connectivity index (χ3v) is 3.64. The van der Waals surface area contributed by atoms with E-state index in [1.165, 1.54) is 0 Å². The van der Waals surface area contributed by atoms with Gasteiger partial charge in [0, 0.05) is 5.56 Å². The first-order chi connectivity index (χ1) is 12.7. The first-order valence-electron chi connectivity index (χ1n) is 8.36. The van der Waals surface area contributed by atoms with Crippen molar-refractivity contribution in [2.75, 3.05) is 17.2 Å². The molecular weight excluding hydrogens is 328 g/mol. The number of carbonyl (C=O) groups excluding carboxylic acids is 1. The van der Waals surface area contributed by atoms with Crippen LogP contribution in [0.15, 0.2) is 60.7 Å². The minimum atomic E-state index is -0.217. The zero-order chi connectivity index (χ0) is 18.4. The van der Waals surface area contributed by atoms with E-state index < -0.39 is 0 Å². The average molecular weight is 348 g/mol. The Kier molecular flexibility index (Phi) is 5.43. The van der Waals surface area contributed by atoms with Crippen molar-refractivity contribution in [3.8, 4) is 5.75 Å². The molecule has 0 aliphatic carbocycles. The first-order valence-corrected chi connectivity index (χ1v) is 8.36. The summed E-state index contributed by atoms with van der Waals surface area (Å²) >= 11 is 0. The molecule has 0 fully saturated rings. The highest BCUT2D eigenvalue weighted by Crippen LogP contribution is 2.26. The third kappa shape index (κ3) is 4.36. The van der Waals surface area contributed by atoms with Crippen LogP contribution in [0.1, 0.15) is 22.8 Å². The lowest BCUT2D eigenvalue weighted by Crippen LogP contribution is -2.13. The van der Waals surface area contributed by atoms with Gasteiger partial charge in [-0.3, -0.25) is 4.79 Å². The number of para-hydroxylation sites is 2. The maximum Gasteiger partial charge on any atom is 0.256 e. The summed E-state index contributed by atoms with van der Waals surface area (Å²) in [7, 11) is 0. The highest BCUT2D eigenvalue weighted by Gasteiger charge is 2.08. The number of ether oxygens (including phenoxy) is 1. The van der Waals surface area contributed by atoms with Gasteiger partial charge >= 0.3 is 0 Å². The fourth-order valence-electron chi connectivity index (χ4n) is 2.43.